The van der Waals surface area contributed by atoms with Gasteiger partial charge in [0.1, 0.15) is 5.01 Å². The Kier molecular flexibility index (Phi) is 5.87. The summed E-state index contributed by atoms with van der Waals surface area (Å²) in [7, 11) is 1.44. The van der Waals surface area contributed by atoms with Crippen molar-refractivity contribution in [2.24, 2.45) is 5.14 Å². The standard InChI is InChI=1S/C22H16ClFN2OS2/c1-27-19-11-8-14(12-18(19)24)20-21(13-6-9-15(29-25)10-7-13)28-22(26-20)16-4-2-3-5-17(16)23/h2-12H,25H2,1H3. The number of benzene rings is 3. The average Bonchev–Trinajstić information content (AvgIpc) is 3.19. The quantitative estimate of drug-likeness (QED) is 0.341. The molecule has 0 saturated heterocycles. The van der Waals surface area contributed by atoms with Crippen molar-refractivity contribution < 1.29 is 9.13 Å². The lowest BCUT2D eigenvalue weighted by Crippen LogP contribution is -1.90. The zero-order chi connectivity index (χ0) is 20.4. The minimum atomic E-state index is -0.432. The maximum atomic E-state index is 14.4. The van der Waals surface area contributed by atoms with Crippen LogP contribution in [0.5, 0.6) is 5.75 Å². The van der Waals surface area contributed by atoms with Gasteiger partial charge in [-0.05, 0) is 53.9 Å². The first-order valence-electron chi connectivity index (χ1n) is 8.67. The van der Waals surface area contributed by atoms with Gasteiger partial charge in [-0.1, -0.05) is 41.9 Å². The van der Waals surface area contributed by atoms with E-state index in [1.165, 1.54) is 36.5 Å². The van der Waals surface area contributed by atoms with E-state index >= 15 is 0 Å². The van der Waals surface area contributed by atoms with Crippen molar-refractivity contribution in [1.82, 2.24) is 4.98 Å². The Hall–Kier alpha value is -2.38. The van der Waals surface area contributed by atoms with Gasteiger partial charge < -0.3 is 4.74 Å². The van der Waals surface area contributed by atoms with Gasteiger partial charge in [0.25, 0.3) is 0 Å². The molecule has 146 valence electrons. The van der Waals surface area contributed by atoms with E-state index in [4.69, 9.17) is 26.5 Å². The number of thiazole rings is 1. The summed E-state index contributed by atoms with van der Waals surface area (Å²) in [6.07, 6.45) is 0. The minimum absolute atomic E-state index is 0.196. The van der Waals surface area contributed by atoms with Crippen molar-refractivity contribution >= 4 is 34.9 Å². The molecule has 0 aliphatic carbocycles. The predicted molar refractivity (Wildman–Crippen MR) is 120 cm³/mol. The van der Waals surface area contributed by atoms with Crippen LogP contribution >= 0.6 is 34.9 Å². The fourth-order valence-corrected chi connectivity index (χ4v) is 4.67. The lowest BCUT2D eigenvalue weighted by molar-refractivity contribution is 0.386. The highest BCUT2D eigenvalue weighted by Crippen LogP contribution is 2.43. The van der Waals surface area contributed by atoms with Crippen LogP contribution < -0.4 is 9.88 Å². The summed E-state index contributed by atoms with van der Waals surface area (Å²) in [4.78, 5) is 6.71. The first kappa shape index (κ1) is 19.9. The second-order valence-electron chi connectivity index (χ2n) is 6.17. The molecule has 0 atom stereocenters. The number of aromatic nitrogens is 1. The summed E-state index contributed by atoms with van der Waals surface area (Å²) < 4.78 is 19.4. The second kappa shape index (κ2) is 8.55. The zero-order valence-electron chi connectivity index (χ0n) is 15.4. The van der Waals surface area contributed by atoms with Gasteiger partial charge in [0.15, 0.2) is 11.6 Å². The number of hydrogen-bond donors (Lipinski definition) is 1. The molecule has 4 aromatic rings. The number of rotatable bonds is 5. The number of nitrogens with zero attached hydrogens (tertiary/aromatic N) is 1. The largest absolute Gasteiger partial charge is 0.494 e. The molecular formula is C22H16ClFN2OS2. The van der Waals surface area contributed by atoms with Gasteiger partial charge in [-0.3, -0.25) is 5.14 Å². The van der Waals surface area contributed by atoms with Crippen LogP contribution in [-0.4, -0.2) is 12.1 Å². The third-order valence-electron chi connectivity index (χ3n) is 4.41. The molecule has 0 aliphatic heterocycles. The molecule has 0 amide bonds. The molecule has 4 rings (SSSR count). The van der Waals surface area contributed by atoms with Crippen LogP contribution in [0.1, 0.15) is 0 Å². The minimum Gasteiger partial charge on any atom is -0.494 e. The SMILES string of the molecule is COc1ccc(-c2nc(-c3ccccc3Cl)sc2-c2ccc(SN)cc2)cc1F. The van der Waals surface area contributed by atoms with Crippen molar-refractivity contribution in [2.75, 3.05) is 7.11 Å². The number of halogens is 2. The van der Waals surface area contributed by atoms with Crippen molar-refractivity contribution in [3.63, 3.8) is 0 Å². The normalized spacial score (nSPS) is 10.9. The van der Waals surface area contributed by atoms with Crippen molar-refractivity contribution in [3.05, 3.63) is 77.6 Å². The lowest BCUT2D eigenvalue weighted by atomic mass is 10.1. The highest BCUT2D eigenvalue weighted by atomic mass is 35.5. The number of ether oxygens (including phenoxy) is 1. The molecule has 3 nitrogen and oxygen atoms in total. The summed E-state index contributed by atoms with van der Waals surface area (Å²) in [5.41, 5.74) is 3.18. The molecule has 0 saturated carbocycles. The fraction of sp³-hybridized carbons (Fsp3) is 0.0455. The molecule has 0 spiro atoms. The van der Waals surface area contributed by atoms with Crippen LogP contribution in [0.3, 0.4) is 0 Å². The fourth-order valence-electron chi connectivity index (χ4n) is 2.96. The Morgan fingerprint density at radius 2 is 1.76 bits per heavy atom. The second-order valence-corrected chi connectivity index (χ2v) is 8.28. The monoisotopic (exact) mass is 442 g/mol. The first-order valence-corrected chi connectivity index (χ1v) is 10.7. The maximum Gasteiger partial charge on any atom is 0.165 e. The number of nitrogens with two attached hydrogens (primary N) is 1. The van der Waals surface area contributed by atoms with E-state index in [0.717, 1.165) is 25.9 Å². The molecule has 29 heavy (non-hydrogen) atoms. The maximum absolute atomic E-state index is 14.4. The van der Waals surface area contributed by atoms with E-state index in [-0.39, 0.29) is 5.75 Å². The van der Waals surface area contributed by atoms with Gasteiger partial charge in [-0.25, -0.2) is 9.37 Å². The zero-order valence-corrected chi connectivity index (χ0v) is 17.7. The average molecular weight is 443 g/mol. The summed E-state index contributed by atoms with van der Waals surface area (Å²) >= 11 is 9.10. The summed E-state index contributed by atoms with van der Waals surface area (Å²) in [6, 6.07) is 20.3. The summed E-state index contributed by atoms with van der Waals surface area (Å²) in [6.45, 7) is 0. The van der Waals surface area contributed by atoms with Crippen molar-refractivity contribution in [1.29, 1.82) is 0 Å². The van der Waals surface area contributed by atoms with Gasteiger partial charge in [-0.15, -0.1) is 11.3 Å². The van der Waals surface area contributed by atoms with Gasteiger partial charge in [0, 0.05) is 16.0 Å². The molecular weight excluding hydrogens is 427 g/mol. The molecule has 0 fully saturated rings. The van der Waals surface area contributed by atoms with Gasteiger partial charge >= 0.3 is 0 Å². The van der Waals surface area contributed by atoms with E-state index in [9.17, 15) is 4.39 Å². The summed E-state index contributed by atoms with van der Waals surface area (Å²) in [5, 5.41) is 7.03. The highest BCUT2D eigenvalue weighted by molar-refractivity contribution is 7.97. The molecule has 0 bridgehead atoms. The number of methoxy groups -OCH3 is 1. The third kappa shape index (κ3) is 4.02. The lowest BCUT2D eigenvalue weighted by Gasteiger charge is -2.06. The van der Waals surface area contributed by atoms with Crippen LogP contribution in [-0.2, 0) is 0 Å². The molecule has 2 N–H and O–H groups in total. The Balaban J connectivity index is 1.90. The van der Waals surface area contributed by atoms with E-state index in [1.807, 2.05) is 48.5 Å². The Morgan fingerprint density at radius 1 is 1.03 bits per heavy atom. The van der Waals surface area contributed by atoms with Gasteiger partial charge in [-0.2, -0.15) is 0 Å². The Bertz CT molecular complexity index is 1160. The molecule has 0 radical (unpaired) electrons. The smallest absolute Gasteiger partial charge is 0.165 e. The van der Waals surface area contributed by atoms with Crippen LogP contribution in [0, 0.1) is 5.82 Å². The Morgan fingerprint density at radius 3 is 2.41 bits per heavy atom. The molecule has 0 unspecified atom stereocenters. The molecule has 1 aromatic heterocycles. The molecule has 1 heterocycles. The van der Waals surface area contributed by atoms with E-state index in [2.05, 4.69) is 0 Å². The van der Waals surface area contributed by atoms with Gasteiger partial charge in [0.05, 0.1) is 22.7 Å². The van der Waals surface area contributed by atoms with Crippen LogP contribution in [0.15, 0.2) is 71.6 Å². The van der Waals surface area contributed by atoms with Crippen LogP contribution in [0.4, 0.5) is 4.39 Å². The first-order chi connectivity index (χ1) is 14.1. The topological polar surface area (TPSA) is 48.1 Å². The van der Waals surface area contributed by atoms with Crippen LogP contribution in [0.2, 0.25) is 5.02 Å². The molecule has 7 heteroatoms. The highest BCUT2D eigenvalue weighted by Gasteiger charge is 2.18. The summed E-state index contributed by atoms with van der Waals surface area (Å²) in [5.74, 6) is -0.237. The van der Waals surface area contributed by atoms with Gasteiger partial charge in [0.2, 0.25) is 0 Å². The predicted octanol–water partition coefficient (Wildman–Crippen LogP) is 6.91. The Labute approximate surface area is 181 Å². The number of hydrogen-bond acceptors (Lipinski definition) is 5. The molecule has 0 aliphatic rings. The van der Waals surface area contributed by atoms with E-state index in [0.29, 0.717) is 16.3 Å². The van der Waals surface area contributed by atoms with E-state index in [1.54, 1.807) is 12.1 Å². The van der Waals surface area contributed by atoms with Crippen molar-refractivity contribution in [2.45, 2.75) is 4.90 Å². The third-order valence-corrected chi connectivity index (χ3v) is 6.42. The van der Waals surface area contributed by atoms with E-state index < -0.39 is 5.82 Å². The molecule has 3 aromatic carbocycles. The van der Waals surface area contributed by atoms with Crippen LogP contribution in [0.25, 0.3) is 32.3 Å². The van der Waals surface area contributed by atoms with Crippen molar-refractivity contribution in [3.8, 4) is 38.0 Å².